The number of carbonyl (C=O) groups excluding carboxylic acids is 1. The molecule has 4 heterocycles. The lowest BCUT2D eigenvalue weighted by atomic mass is 9.99. The number of ether oxygens (including phenoxy) is 1. The molecule has 126 valence electrons. The Balaban J connectivity index is 1.34. The number of thiophene rings is 1. The van der Waals surface area contributed by atoms with Gasteiger partial charge in [0.15, 0.2) is 0 Å². The van der Waals surface area contributed by atoms with Crippen molar-refractivity contribution < 1.29 is 9.53 Å². The molecule has 0 bridgehead atoms. The van der Waals surface area contributed by atoms with Crippen LogP contribution in [0.25, 0.3) is 0 Å². The van der Waals surface area contributed by atoms with Gasteiger partial charge >= 0.3 is 0 Å². The van der Waals surface area contributed by atoms with E-state index in [-0.39, 0.29) is 24.2 Å². The molecule has 6 nitrogen and oxygen atoms in total. The molecule has 0 saturated carbocycles. The fraction of sp³-hybridized carbons (Fsp3) is 0.471. The molecule has 2 aromatic rings. The lowest BCUT2D eigenvalue weighted by Gasteiger charge is -2.35. The molecule has 2 fully saturated rings. The van der Waals surface area contributed by atoms with Gasteiger partial charge in [0.05, 0.1) is 18.7 Å². The number of nitrogens with zero attached hydrogens (tertiary/aromatic N) is 3. The molecule has 0 aromatic carbocycles. The van der Waals surface area contributed by atoms with Gasteiger partial charge in [-0.2, -0.15) is 0 Å². The Hall–Kier alpha value is -1.99. The highest BCUT2D eigenvalue weighted by Crippen LogP contribution is 2.33. The van der Waals surface area contributed by atoms with E-state index in [9.17, 15) is 4.79 Å². The van der Waals surface area contributed by atoms with Crippen molar-refractivity contribution in [3.63, 3.8) is 0 Å². The molecular weight excluding hydrogens is 324 g/mol. The Morgan fingerprint density at radius 1 is 1.29 bits per heavy atom. The quantitative estimate of drug-likeness (QED) is 0.919. The van der Waals surface area contributed by atoms with E-state index >= 15 is 0 Å². The molecule has 2 aromatic heterocycles. The van der Waals surface area contributed by atoms with Crippen LogP contribution in [0.1, 0.15) is 24.1 Å². The Bertz CT molecular complexity index is 679. The fourth-order valence-corrected chi connectivity index (χ4v) is 4.15. The highest BCUT2D eigenvalue weighted by molar-refractivity contribution is 7.09. The maximum absolute atomic E-state index is 12.4. The number of hydrogen-bond acceptors (Lipinski definition) is 6. The number of carbonyl (C=O) groups is 1. The Morgan fingerprint density at radius 3 is 2.96 bits per heavy atom. The largest absolute Gasteiger partial charge is 0.363 e. The molecule has 2 saturated heterocycles. The van der Waals surface area contributed by atoms with Gasteiger partial charge in [0.25, 0.3) is 0 Å². The second kappa shape index (κ2) is 6.86. The van der Waals surface area contributed by atoms with Crippen LogP contribution in [0.4, 0.5) is 5.95 Å². The van der Waals surface area contributed by atoms with E-state index in [0.29, 0.717) is 6.54 Å². The second-order valence-electron chi connectivity index (χ2n) is 6.14. The summed E-state index contributed by atoms with van der Waals surface area (Å²) in [6.45, 7) is 1.46. The Kier molecular flexibility index (Phi) is 4.44. The number of aromatic nitrogens is 2. The summed E-state index contributed by atoms with van der Waals surface area (Å²) in [4.78, 5) is 24.4. The maximum atomic E-state index is 12.4. The van der Waals surface area contributed by atoms with E-state index < -0.39 is 0 Å². The van der Waals surface area contributed by atoms with Crippen molar-refractivity contribution in [3.8, 4) is 0 Å². The SMILES string of the molecule is O=C(NCc1cccs1)[C@@H]1CC[C@H]2[C@H](CCN2c2ncccn2)O1. The van der Waals surface area contributed by atoms with Crippen molar-refractivity contribution in [3.05, 3.63) is 40.8 Å². The summed E-state index contributed by atoms with van der Waals surface area (Å²) >= 11 is 1.65. The predicted molar refractivity (Wildman–Crippen MR) is 91.8 cm³/mol. The smallest absolute Gasteiger partial charge is 0.249 e. The van der Waals surface area contributed by atoms with Crippen molar-refractivity contribution in [2.45, 2.75) is 44.1 Å². The summed E-state index contributed by atoms with van der Waals surface area (Å²) in [5.41, 5.74) is 0. The summed E-state index contributed by atoms with van der Waals surface area (Å²) < 4.78 is 6.09. The molecule has 0 unspecified atom stereocenters. The maximum Gasteiger partial charge on any atom is 0.249 e. The molecule has 24 heavy (non-hydrogen) atoms. The molecule has 2 aliphatic heterocycles. The highest BCUT2D eigenvalue weighted by atomic mass is 32.1. The van der Waals surface area contributed by atoms with Gasteiger partial charge in [0.2, 0.25) is 11.9 Å². The lowest BCUT2D eigenvalue weighted by Crippen LogP contribution is -2.48. The van der Waals surface area contributed by atoms with Crippen LogP contribution in [0, 0.1) is 0 Å². The van der Waals surface area contributed by atoms with Gasteiger partial charge in [-0.15, -0.1) is 11.3 Å². The van der Waals surface area contributed by atoms with E-state index in [2.05, 4.69) is 20.2 Å². The number of rotatable bonds is 4. The number of hydrogen-bond donors (Lipinski definition) is 1. The van der Waals surface area contributed by atoms with Crippen LogP contribution in [-0.4, -0.2) is 40.7 Å². The average molecular weight is 344 g/mol. The minimum atomic E-state index is -0.345. The molecule has 0 radical (unpaired) electrons. The molecule has 1 amide bonds. The van der Waals surface area contributed by atoms with Crippen LogP contribution in [0.3, 0.4) is 0 Å². The van der Waals surface area contributed by atoms with Crippen LogP contribution in [0.15, 0.2) is 36.0 Å². The summed E-state index contributed by atoms with van der Waals surface area (Å²) in [7, 11) is 0. The van der Waals surface area contributed by atoms with E-state index in [1.807, 2.05) is 23.6 Å². The van der Waals surface area contributed by atoms with E-state index in [0.717, 1.165) is 36.6 Å². The van der Waals surface area contributed by atoms with Crippen LogP contribution < -0.4 is 10.2 Å². The minimum absolute atomic E-state index is 0.00346. The number of fused-ring (bicyclic) bond motifs is 1. The van der Waals surface area contributed by atoms with Crippen LogP contribution >= 0.6 is 11.3 Å². The number of nitrogens with one attached hydrogen (secondary N) is 1. The van der Waals surface area contributed by atoms with Crippen LogP contribution in [-0.2, 0) is 16.1 Å². The second-order valence-corrected chi connectivity index (χ2v) is 7.17. The van der Waals surface area contributed by atoms with Crippen molar-refractivity contribution in [1.29, 1.82) is 0 Å². The Labute approximate surface area is 144 Å². The summed E-state index contributed by atoms with van der Waals surface area (Å²) in [5.74, 6) is 0.755. The zero-order valence-electron chi connectivity index (χ0n) is 13.3. The van der Waals surface area contributed by atoms with E-state index in [1.54, 1.807) is 23.7 Å². The van der Waals surface area contributed by atoms with Crippen molar-refractivity contribution in [1.82, 2.24) is 15.3 Å². The highest BCUT2D eigenvalue weighted by Gasteiger charge is 2.42. The third-order valence-corrected chi connectivity index (χ3v) is 5.54. The molecular formula is C17H20N4O2S. The van der Waals surface area contributed by atoms with Crippen molar-refractivity contribution in [2.24, 2.45) is 0 Å². The Morgan fingerprint density at radius 2 is 2.17 bits per heavy atom. The predicted octanol–water partition coefficient (Wildman–Crippen LogP) is 1.98. The zero-order valence-corrected chi connectivity index (χ0v) is 14.1. The lowest BCUT2D eigenvalue weighted by molar-refractivity contribution is -0.141. The monoisotopic (exact) mass is 344 g/mol. The topological polar surface area (TPSA) is 67.4 Å². The van der Waals surface area contributed by atoms with Gasteiger partial charge in [-0.1, -0.05) is 6.07 Å². The summed E-state index contributed by atoms with van der Waals surface area (Å²) in [5, 5.41) is 5.00. The first kappa shape index (κ1) is 15.5. The van der Waals surface area contributed by atoms with Crippen LogP contribution in [0.5, 0.6) is 0 Å². The van der Waals surface area contributed by atoms with E-state index in [4.69, 9.17) is 4.74 Å². The molecule has 2 aliphatic rings. The minimum Gasteiger partial charge on any atom is -0.363 e. The fourth-order valence-electron chi connectivity index (χ4n) is 3.51. The van der Waals surface area contributed by atoms with Gasteiger partial charge < -0.3 is 15.0 Å². The first-order valence-electron chi connectivity index (χ1n) is 8.30. The normalized spacial score (nSPS) is 26.2. The first-order valence-corrected chi connectivity index (χ1v) is 9.18. The molecule has 1 N–H and O–H groups in total. The summed E-state index contributed by atoms with van der Waals surface area (Å²) in [6.07, 6.45) is 5.85. The van der Waals surface area contributed by atoms with Gasteiger partial charge in [-0.3, -0.25) is 4.79 Å². The van der Waals surface area contributed by atoms with Crippen molar-refractivity contribution >= 4 is 23.2 Å². The van der Waals surface area contributed by atoms with Crippen molar-refractivity contribution in [2.75, 3.05) is 11.4 Å². The van der Waals surface area contributed by atoms with E-state index in [1.165, 1.54) is 0 Å². The number of anilines is 1. The van der Waals surface area contributed by atoms with Gasteiger partial charge in [0.1, 0.15) is 6.10 Å². The van der Waals surface area contributed by atoms with Gasteiger partial charge in [0, 0.05) is 23.8 Å². The third kappa shape index (κ3) is 3.14. The number of amides is 1. The third-order valence-electron chi connectivity index (χ3n) is 4.67. The molecule has 7 heteroatoms. The molecule has 0 aliphatic carbocycles. The zero-order chi connectivity index (χ0) is 16.4. The molecule has 0 spiro atoms. The van der Waals surface area contributed by atoms with Gasteiger partial charge in [-0.05, 0) is 36.8 Å². The molecule has 3 atom stereocenters. The van der Waals surface area contributed by atoms with Gasteiger partial charge in [-0.25, -0.2) is 9.97 Å². The van der Waals surface area contributed by atoms with Crippen LogP contribution in [0.2, 0.25) is 0 Å². The summed E-state index contributed by atoms with van der Waals surface area (Å²) in [6, 6.07) is 6.11. The average Bonchev–Trinajstić information content (AvgIpc) is 3.29. The molecule has 4 rings (SSSR count). The standard InChI is InChI=1S/C17H20N4O2S/c22-16(20-11-12-3-1-10-24-12)15-5-4-13-14(23-15)6-9-21(13)17-18-7-2-8-19-17/h1-3,7-8,10,13-15H,4-6,9,11H2,(H,20,22)/t13-,14-,15-/m0/s1. The first-order chi connectivity index (χ1) is 11.8.